The second-order valence-corrected chi connectivity index (χ2v) is 6.13. The van der Waals surface area contributed by atoms with Gasteiger partial charge in [-0.05, 0) is 37.1 Å². The van der Waals surface area contributed by atoms with Gasteiger partial charge in [0.15, 0.2) is 0 Å². The maximum atomic E-state index is 12.8. The molecule has 3 aromatic rings. The predicted octanol–water partition coefficient (Wildman–Crippen LogP) is 2.20. The molecule has 1 fully saturated rings. The van der Waals surface area contributed by atoms with Crippen LogP contribution in [0.3, 0.4) is 0 Å². The van der Waals surface area contributed by atoms with Crippen LogP contribution in [0.25, 0.3) is 11.4 Å². The molecule has 0 bridgehead atoms. The summed E-state index contributed by atoms with van der Waals surface area (Å²) in [5, 5.41) is 0. The van der Waals surface area contributed by atoms with Crippen LogP contribution in [0.2, 0.25) is 0 Å². The lowest BCUT2D eigenvalue weighted by Crippen LogP contribution is -2.32. The number of pyridine rings is 2. The maximum Gasteiger partial charge on any atom is 0.256 e. The molecule has 0 aliphatic carbocycles. The standard InChI is InChI=1S/C19H17N5O2/c25-17-11-15(14-6-1-2-9-21-14)22-18(23-17)16-7-4-10-24(16)19(26)13-5-3-8-20-12-13/h1-3,5-6,8-9,11-12,16H,4,7,10H2,(H,22,23,25)/t16-/m1/s1. The van der Waals surface area contributed by atoms with Gasteiger partial charge in [-0.1, -0.05) is 6.07 Å². The number of carbonyl (C=O) groups is 1. The molecule has 0 unspecified atom stereocenters. The van der Waals surface area contributed by atoms with Crippen LogP contribution in [0.5, 0.6) is 0 Å². The summed E-state index contributed by atoms with van der Waals surface area (Å²) >= 11 is 0. The van der Waals surface area contributed by atoms with Gasteiger partial charge in [0, 0.05) is 31.2 Å². The van der Waals surface area contributed by atoms with Crippen molar-refractivity contribution in [2.24, 2.45) is 0 Å². The Kier molecular flexibility index (Phi) is 4.27. The number of aromatic nitrogens is 4. The molecule has 4 rings (SSSR count). The molecule has 1 saturated heterocycles. The number of likely N-dealkylation sites (tertiary alicyclic amines) is 1. The first-order valence-electron chi connectivity index (χ1n) is 8.46. The minimum absolute atomic E-state index is 0.105. The first-order chi connectivity index (χ1) is 12.7. The maximum absolute atomic E-state index is 12.8. The lowest BCUT2D eigenvalue weighted by Gasteiger charge is -2.24. The zero-order valence-electron chi connectivity index (χ0n) is 14.0. The molecule has 0 radical (unpaired) electrons. The summed E-state index contributed by atoms with van der Waals surface area (Å²) in [5.74, 6) is 0.388. The van der Waals surface area contributed by atoms with E-state index in [0.29, 0.717) is 29.3 Å². The largest absolute Gasteiger partial charge is 0.328 e. The third-order valence-electron chi connectivity index (χ3n) is 4.43. The van der Waals surface area contributed by atoms with Crippen LogP contribution in [0, 0.1) is 0 Å². The van der Waals surface area contributed by atoms with E-state index in [-0.39, 0.29) is 17.5 Å². The first-order valence-corrected chi connectivity index (χ1v) is 8.46. The third kappa shape index (κ3) is 3.11. The van der Waals surface area contributed by atoms with Crippen molar-refractivity contribution in [3.8, 4) is 11.4 Å². The summed E-state index contributed by atoms with van der Waals surface area (Å²) in [7, 11) is 0. The fourth-order valence-corrected chi connectivity index (χ4v) is 3.23. The molecule has 1 atom stereocenters. The Morgan fingerprint density at radius 2 is 2.08 bits per heavy atom. The van der Waals surface area contributed by atoms with Gasteiger partial charge in [0.25, 0.3) is 11.5 Å². The minimum Gasteiger partial charge on any atom is -0.328 e. The van der Waals surface area contributed by atoms with Crippen molar-refractivity contribution in [1.29, 1.82) is 0 Å². The molecule has 1 aliphatic heterocycles. The Balaban J connectivity index is 1.69. The van der Waals surface area contributed by atoms with Crippen molar-refractivity contribution in [3.05, 3.63) is 76.7 Å². The Morgan fingerprint density at radius 1 is 1.15 bits per heavy atom. The monoisotopic (exact) mass is 347 g/mol. The summed E-state index contributed by atoms with van der Waals surface area (Å²) in [6, 6.07) is 10.1. The Morgan fingerprint density at radius 3 is 2.85 bits per heavy atom. The average molecular weight is 347 g/mol. The molecule has 7 nitrogen and oxygen atoms in total. The van der Waals surface area contributed by atoms with Gasteiger partial charge in [0.2, 0.25) is 0 Å². The number of H-pyrrole nitrogens is 1. The third-order valence-corrected chi connectivity index (χ3v) is 4.43. The summed E-state index contributed by atoms with van der Waals surface area (Å²) in [4.78, 5) is 42.4. The van der Waals surface area contributed by atoms with Crippen LogP contribution in [0.15, 0.2) is 59.8 Å². The van der Waals surface area contributed by atoms with Crippen LogP contribution in [-0.4, -0.2) is 37.3 Å². The number of nitrogens with zero attached hydrogens (tertiary/aromatic N) is 4. The predicted molar refractivity (Wildman–Crippen MR) is 95.3 cm³/mol. The van der Waals surface area contributed by atoms with Crippen LogP contribution in [-0.2, 0) is 0 Å². The van der Waals surface area contributed by atoms with Gasteiger partial charge in [-0.15, -0.1) is 0 Å². The number of aromatic amines is 1. The quantitative estimate of drug-likeness (QED) is 0.784. The Hall–Kier alpha value is -3.35. The van der Waals surface area contributed by atoms with Gasteiger partial charge in [0.05, 0.1) is 23.0 Å². The van der Waals surface area contributed by atoms with E-state index in [1.807, 2.05) is 12.1 Å². The van der Waals surface area contributed by atoms with E-state index >= 15 is 0 Å². The van der Waals surface area contributed by atoms with Gasteiger partial charge >= 0.3 is 0 Å². The van der Waals surface area contributed by atoms with Crippen molar-refractivity contribution >= 4 is 5.91 Å². The van der Waals surface area contributed by atoms with Gasteiger partial charge in [0.1, 0.15) is 5.82 Å². The van der Waals surface area contributed by atoms with E-state index < -0.39 is 0 Å². The smallest absolute Gasteiger partial charge is 0.256 e. The minimum atomic E-state index is -0.265. The van der Waals surface area contributed by atoms with Crippen LogP contribution in [0.4, 0.5) is 0 Å². The molecule has 1 aliphatic rings. The Bertz CT molecular complexity index is 972. The molecule has 130 valence electrons. The summed E-state index contributed by atoms with van der Waals surface area (Å²) < 4.78 is 0. The average Bonchev–Trinajstić information content (AvgIpc) is 3.18. The number of nitrogens with one attached hydrogen (secondary N) is 1. The van der Waals surface area contributed by atoms with E-state index in [4.69, 9.17) is 0 Å². The lowest BCUT2D eigenvalue weighted by molar-refractivity contribution is 0.0729. The van der Waals surface area contributed by atoms with Gasteiger partial charge in [-0.2, -0.15) is 0 Å². The molecular formula is C19H17N5O2. The molecule has 4 heterocycles. The number of carbonyl (C=O) groups excluding carboxylic acids is 1. The van der Waals surface area contributed by atoms with Crippen molar-refractivity contribution in [1.82, 2.24) is 24.8 Å². The molecule has 3 aromatic heterocycles. The van der Waals surface area contributed by atoms with Crippen LogP contribution < -0.4 is 5.56 Å². The first kappa shape index (κ1) is 16.1. The normalized spacial score (nSPS) is 16.6. The zero-order valence-corrected chi connectivity index (χ0v) is 14.0. The van der Waals surface area contributed by atoms with E-state index in [9.17, 15) is 9.59 Å². The number of rotatable bonds is 3. The van der Waals surface area contributed by atoms with Crippen molar-refractivity contribution < 1.29 is 4.79 Å². The SMILES string of the molecule is O=C(c1cccnc1)N1CCC[C@@H]1c1nc(-c2ccccn2)cc(=O)[nH]1. The molecule has 0 spiro atoms. The van der Waals surface area contributed by atoms with Crippen LogP contribution in [0.1, 0.15) is 35.1 Å². The highest BCUT2D eigenvalue weighted by atomic mass is 16.2. The van der Waals surface area contributed by atoms with Gasteiger partial charge in [-0.25, -0.2) is 4.98 Å². The number of hydrogen-bond acceptors (Lipinski definition) is 5. The molecule has 7 heteroatoms. The Labute approximate surface area is 149 Å². The zero-order chi connectivity index (χ0) is 17.9. The summed E-state index contributed by atoms with van der Waals surface area (Å²) in [5.41, 5.74) is 1.41. The van der Waals surface area contributed by atoms with Gasteiger partial charge < -0.3 is 9.88 Å². The molecule has 1 N–H and O–H groups in total. The van der Waals surface area contributed by atoms with E-state index in [2.05, 4.69) is 19.9 Å². The topological polar surface area (TPSA) is 91.8 Å². The fraction of sp³-hybridized carbons (Fsp3) is 0.211. The molecular weight excluding hydrogens is 330 g/mol. The van der Waals surface area contributed by atoms with Crippen molar-refractivity contribution in [3.63, 3.8) is 0 Å². The highest BCUT2D eigenvalue weighted by molar-refractivity contribution is 5.94. The molecule has 0 aromatic carbocycles. The molecule has 0 saturated carbocycles. The van der Waals surface area contributed by atoms with E-state index in [1.54, 1.807) is 41.7 Å². The highest BCUT2D eigenvalue weighted by Gasteiger charge is 2.32. The number of hydrogen-bond donors (Lipinski definition) is 1. The van der Waals surface area contributed by atoms with Gasteiger partial charge in [-0.3, -0.25) is 19.6 Å². The van der Waals surface area contributed by atoms with E-state index in [1.165, 1.54) is 6.07 Å². The second-order valence-electron chi connectivity index (χ2n) is 6.13. The highest BCUT2D eigenvalue weighted by Crippen LogP contribution is 2.31. The lowest BCUT2D eigenvalue weighted by atomic mass is 10.1. The van der Waals surface area contributed by atoms with Crippen molar-refractivity contribution in [2.75, 3.05) is 6.54 Å². The summed E-state index contributed by atoms with van der Waals surface area (Å²) in [6.45, 7) is 0.621. The number of amides is 1. The molecule has 26 heavy (non-hydrogen) atoms. The summed E-state index contributed by atoms with van der Waals surface area (Å²) in [6.07, 6.45) is 6.45. The fourth-order valence-electron chi connectivity index (χ4n) is 3.23. The molecule has 1 amide bonds. The second kappa shape index (κ2) is 6.87. The van der Waals surface area contributed by atoms with E-state index in [0.717, 1.165) is 12.8 Å². The van der Waals surface area contributed by atoms with Crippen molar-refractivity contribution in [2.45, 2.75) is 18.9 Å². The van der Waals surface area contributed by atoms with Crippen LogP contribution >= 0.6 is 0 Å².